The molecule has 0 bridgehead atoms. The molecule has 3 rings (SSSR count). The summed E-state index contributed by atoms with van der Waals surface area (Å²) in [5, 5.41) is 6.13. The van der Waals surface area contributed by atoms with Crippen LogP contribution in [0.5, 0.6) is 0 Å². The number of fused-ring (bicyclic) bond motifs is 1. The van der Waals surface area contributed by atoms with Gasteiger partial charge in [-0.05, 0) is 18.4 Å². The minimum Gasteiger partial charge on any atom is -0.372 e. The Kier molecular flexibility index (Phi) is 3.85. The van der Waals surface area contributed by atoms with Gasteiger partial charge in [-0.2, -0.15) is 0 Å². The normalized spacial score (nSPS) is 22.5. The molecule has 1 aliphatic heterocycles. The molecule has 8 heteroatoms. The van der Waals surface area contributed by atoms with E-state index in [0.29, 0.717) is 13.1 Å². The van der Waals surface area contributed by atoms with Crippen LogP contribution in [0.15, 0.2) is 11.4 Å². The minimum atomic E-state index is -2.89. The molecule has 0 radical (unpaired) electrons. The summed E-state index contributed by atoms with van der Waals surface area (Å²) in [4.78, 5) is 12.2. The van der Waals surface area contributed by atoms with E-state index < -0.39 is 9.84 Å². The van der Waals surface area contributed by atoms with Crippen LogP contribution >= 0.6 is 11.3 Å². The Balaban J connectivity index is 1.85. The molecule has 1 atom stereocenters. The fourth-order valence-electron chi connectivity index (χ4n) is 2.61. The van der Waals surface area contributed by atoms with Crippen LogP contribution in [0.3, 0.4) is 0 Å². The Bertz CT molecular complexity index is 757. The molecular weight excluding hydrogens is 308 g/mol. The monoisotopic (exact) mass is 326 g/mol. The van der Waals surface area contributed by atoms with Crippen molar-refractivity contribution in [2.45, 2.75) is 19.5 Å². The summed E-state index contributed by atoms with van der Waals surface area (Å²) in [5.41, 5.74) is 0. The zero-order valence-corrected chi connectivity index (χ0v) is 13.7. The number of hydrogen-bond donors (Lipinski definition) is 1. The van der Waals surface area contributed by atoms with E-state index in [0.717, 1.165) is 21.9 Å². The maximum Gasteiger partial charge on any atom is 0.153 e. The van der Waals surface area contributed by atoms with Crippen molar-refractivity contribution >= 4 is 37.2 Å². The van der Waals surface area contributed by atoms with Crippen molar-refractivity contribution in [3.05, 3.63) is 17.3 Å². The van der Waals surface area contributed by atoms with E-state index in [1.165, 1.54) is 0 Å². The first kappa shape index (κ1) is 14.7. The quantitative estimate of drug-likeness (QED) is 0.918. The van der Waals surface area contributed by atoms with Crippen LogP contribution in [0.2, 0.25) is 0 Å². The Morgan fingerprint density at radius 1 is 1.48 bits per heavy atom. The molecule has 2 aromatic heterocycles. The van der Waals surface area contributed by atoms with E-state index in [4.69, 9.17) is 0 Å². The van der Waals surface area contributed by atoms with Crippen molar-refractivity contribution < 1.29 is 8.42 Å². The molecule has 3 heterocycles. The average Bonchev–Trinajstić information content (AvgIpc) is 2.89. The van der Waals surface area contributed by atoms with Crippen LogP contribution in [-0.2, 0) is 16.4 Å². The molecule has 0 spiro atoms. The lowest BCUT2D eigenvalue weighted by molar-refractivity contribution is 0.213. The zero-order chi connectivity index (χ0) is 15.0. The zero-order valence-electron chi connectivity index (χ0n) is 12.0. The fourth-order valence-corrected chi connectivity index (χ4v) is 5.02. The number of hydrogen-bond acceptors (Lipinski definition) is 7. The lowest BCUT2D eigenvalue weighted by atomic mass is 10.3. The number of sulfone groups is 1. The Hall–Kier alpha value is -1.25. The predicted molar refractivity (Wildman–Crippen MR) is 85.5 cm³/mol. The smallest absolute Gasteiger partial charge is 0.153 e. The largest absolute Gasteiger partial charge is 0.372 e. The van der Waals surface area contributed by atoms with Gasteiger partial charge in [-0.25, -0.2) is 18.4 Å². The van der Waals surface area contributed by atoms with Gasteiger partial charge in [0.15, 0.2) is 9.84 Å². The van der Waals surface area contributed by atoms with E-state index >= 15 is 0 Å². The van der Waals surface area contributed by atoms with Gasteiger partial charge in [0, 0.05) is 19.6 Å². The highest BCUT2D eigenvalue weighted by molar-refractivity contribution is 7.91. The van der Waals surface area contributed by atoms with Crippen LogP contribution in [0.4, 0.5) is 5.82 Å². The number of rotatable bonds is 3. The second kappa shape index (κ2) is 5.51. The molecule has 1 aliphatic rings. The fraction of sp³-hybridized carbons (Fsp3) is 0.538. The lowest BCUT2D eigenvalue weighted by Gasteiger charge is -2.32. The summed E-state index contributed by atoms with van der Waals surface area (Å²) in [5.74, 6) is 2.00. The topological polar surface area (TPSA) is 75.2 Å². The summed E-state index contributed by atoms with van der Waals surface area (Å²) >= 11 is 1.59. The van der Waals surface area contributed by atoms with Gasteiger partial charge < -0.3 is 5.32 Å². The molecule has 0 aliphatic carbocycles. The second-order valence-electron chi connectivity index (χ2n) is 5.31. The lowest BCUT2D eigenvalue weighted by Crippen LogP contribution is -2.46. The Labute approximate surface area is 128 Å². The van der Waals surface area contributed by atoms with Crippen LogP contribution in [-0.4, -0.2) is 54.4 Å². The van der Waals surface area contributed by atoms with Gasteiger partial charge in [-0.3, -0.25) is 4.90 Å². The molecule has 21 heavy (non-hydrogen) atoms. The number of thiophene rings is 1. The van der Waals surface area contributed by atoms with Crippen LogP contribution in [0, 0.1) is 0 Å². The Morgan fingerprint density at radius 3 is 3.00 bits per heavy atom. The first-order valence-electron chi connectivity index (χ1n) is 6.85. The molecule has 0 amide bonds. The summed E-state index contributed by atoms with van der Waals surface area (Å²) in [7, 11) is -1.04. The molecule has 1 N–H and O–H groups in total. The summed E-state index contributed by atoms with van der Waals surface area (Å²) in [6.07, 6.45) is 0. The van der Waals surface area contributed by atoms with Gasteiger partial charge in [0.05, 0.1) is 23.4 Å². The SMILES string of the molecule is CNc1nc(CN2CCS(=O)(=O)CC2C)nc2sccc12. The number of anilines is 1. The summed E-state index contributed by atoms with van der Waals surface area (Å²) in [6, 6.07) is 2.01. The van der Waals surface area contributed by atoms with Gasteiger partial charge in [0.1, 0.15) is 16.5 Å². The van der Waals surface area contributed by atoms with Crippen molar-refractivity contribution in [3.63, 3.8) is 0 Å². The average molecular weight is 326 g/mol. The van der Waals surface area contributed by atoms with Crippen molar-refractivity contribution in [1.82, 2.24) is 14.9 Å². The van der Waals surface area contributed by atoms with Crippen molar-refractivity contribution in [3.8, 4) is 0 Å². The van der Waals surface area contributed by atoms with Crippen LogP contribution < -0.4 is 5.32 Å². The molecule has 0 saturated carbocycles. The van der Waals surface area contributed by atoms with Crippen LogP contribution in [0.25, 0.3) is 10.2 Å². The highest BCUT2D eigenvalue weighted by Gasteiger charge is 2.28. The van der Waals surface area contributed by atoms with Gasteiger partial charge in [0.2, 0.25) is 0 Å². The first-order valence-corrected chi connectivity index (χ1v) is 9.55. The summed E-state index contributed by atoms with van der Waals surface area (Å²) in [6.45, 7) is 3.07. The first-order chi connectivity index (χ1) is 9.98. The molecule has 0 aromatic carbocycles. The predicted octanol–water partition coefficient (Wildman–Crippen LogP) is 1.35. The highest BCUT2D eigenvalue weighted by Crippen LogP contribution is 2.25. The third kappa shape index (κ3) is 3.02. The second-order valence-corrected chi connectivity index (χ2v) is 8.44. The molecule has 6 nitrogen and oxygen atoms in total. The van der Waals surface area contributed by atoms with E-state index in [1.807, 2.05) is 25.4 Å². The van der Waals surface area contributed by atoms with Crippen molar-refractivity contribution in [1.29, 1.82) is 0 Å². The molecule has 114 valence electrons. The van der Waals surface area contributed by atoms with Gasteiger partial charge >= 0.3 is 0 Å². The number of aromatic nitrogens is 2. The standard InChI is InChI=1S/C13H18N4O2S2/c1-9-8-21(18,19)6-4-17(9)7-11-15-12(14-2)10-3-5-20-13(10)16-11/h3,5,9H,4,6-8H2,1-2H3,(H,14,15,16). The van der Waals surface area contributed by atoms with Crippen molar-refractivity contribution in [2.75, 3.05) is 30.4 Å². The van der Waals surface area contributed by atoms with Crippen molar-refractivity contribution in [2.24, 2.45) is 0 Å². The molecule has 1 unspecified atom stereocenters. The molecule has 2 aromatic rings. The van der Waals surface area contributed by atoms with Gasteiger partial charge in [-0.15, -0.1) is 11.3 Å². The van der Waals surface area contributed by atoms with Gasteiger partial charge in [-0.1, -0.05) is 0 Å². The molecule has 1 fully saturated rings. The third-order valence-electron chi connectivity index (χ3n) is 3.76. The van der Waals surface area contributed by atoms with Crippen LogP contribution in [0.1, 0.15) is 12.7 Å². The minimum absolute atomic E-state index is 0.00409. The Morgan fingerprint density at radius 2 is 2.29 bits per heavy atom. The van der Waals surface area contributed by atoms with E-state index in [-0.39, 0.29) is 17.5 Å². The third-order valence-corrected chi connectivity index (χ3v) is 6.36. The van der Waals surface area contributed by atoms with E-state index in [2.05, 4.69) is 20.2 Å². The number of nitrogens with zero attached hydrogens (tertiary/aromatic N) is 3. The maximum absolute atomic E-state index is 11.6. The highest BCUT2D eigenvalue weighted by atomic mass is 32.2. The molecular formula is C13H18N4O2S2. The van der Waals surface area contributed by atoms with E-state index in [9.17, 15) is 8.42 Å². The summed E-state index contributed by atoms with van der Waals surface area (Å²) < 4.78 is 23.3. The molecule has 1 saturated heterocycles. The maximum atomic E-state index is 11.6. The van der Waals surface area contributed by atoms with E-state index in [1.54, 1.807) is 11.3 Å². The van der Waals surface area contributed by atoms with Gasteiger partial charge in [0.25, 0.3) is 0 Å². The number of nitrogens with one attached hydrogen (secondary N) is 1.